The summed E-state index contributed by atoms with van der Waals surface area (Å²) in [7, 11) is 4.56. The molecule has 3 aliphatic rings. The van der Waals surface area contributed by atoms with Crippen LogP contribution in [0.25, 0.3) is 0 Å². The van der Waals surface area contributed by atoms with Crippen molar-refractivity contribution in [1.29, 1.82) is 0 Å². The van der Waals surface area contributed by atoms with E-state index in [1.54, 1.807) is 24.1 Å². The number of ether oxygens (including phenoxy) is 5. The number of fused-ring (bicyclic) bond motifs is 6. The SMILES string of the molecule is COc1ccc2c(c1OC)C(=O)N1CCc3c(Br)c(OC)c4c(c3C1C2O)OCO4. The molecule has 0 aliphatic carbocycles. The van der Waals surface area contributed by atoms with Crippen molar-refractivity contribution in [3.63, 3.8) is 0 Å². The van der Waals surface area contributed by atoms with Crippen LogP contribution in [0.3, 0.4) is 0 Å². The first-order valence-corrected chi connectivity index (χ1v) is 10.2. The Morgan fingerprint density at radius 1 is 1.10 bits per heavy atom. The molecule has 1 N–H and O–H groups in total. The van der Waals surface area contributed by atoms with Gasteiger partial charge in [0, 0.05) is 12.1 Å². The van der Waals surface area contributed by atoms with Crippen LogP contribution in [0.15, 0.2) is 16.6 Å². The maximum Gasteiger partial charge on any atom is 0.258 e. The lowest BCUT2D eigenvalue weighted by Crippen LogP contribution is -2.46. The van der Waals surface area contributed by atoms with Gasteiger partial charge in [0.05, 0.1) is 37.4 Å². The topological polar surface area (TPSA) is 86.7 Å². The van der Waals surface area contributed by atoms with E-state index in [0.717, 1.165) is 15.6 Å². The molecule has 0 fully saturated rings. The highest BCUT2D eigenvalue weighted by molar-refractivity contribution is 9.10. The molecule has 0 saturated carbocycles. The number of methoxy groups -OCH3 is 3. The van der Waals surface area contributed by atoms with Gasteiger partial charge in [-0.2, -0.15) is 0 Å². The molecular formula is C21H20BrNO7. The normalized spacial score (nSPS) is 21.0. The Balaban J connectivity index is 1.74. The fourth-order valence-corrected chi connectivity index (χ4v) is 5.44. The fraction of sp³-hybridized carbons (Fsp3) is 0.381. The molecule has 0 saturated heterocycles. The average Bonchev–Trinajstić information content (AvgIpc) is 3.25. The second-order valence-electron chi connectivity index (χ2n) is 7.21. The second kappa shape index (κ2) is 6.95. The first-order chi connectivity index (χ1) is 14.5. The molecule has 30 heavy (non-hydrogen) atoms. The second-order valence-corrected chi connectivity index (χ2v) is 8.00. The molecule has 0 radical (unpaired) electrons. The first-order valence-electron chi connectivity index (χ1n) is 9.45. The molecule has 0 bridgehead atoms. The van der Waals surface area contributed by atoms with E-state index < -0.39 is 12.1 Å². The van der Waals surface area contributed by atoms with E-state index in [0.29, 0.717) is 52.8 Å². The third kappa shape index (κ3) is 2.39. The number of aliphatic hydroxyl groups excluding tert-OH is 1. The summed E-state index contributed by atoms with van der Waals surface area (Å²) >= 11 is 3.62. The third-order valence-electron chi connectivity index (χ3n) is 5.96. The molecule has 2 aromatic carbocycles. The number of carbonyl (C=O) groups excluding carboxylic acids is 1. The van der Waals surface area contributed by atoms with E-state index in [4.69, 9.17) is 23.7 Å². The molecule has 0 aromatic heterocycles. The van der Waals surface area contributed by atoms with Crippen molar-refractivity contribution in [3.05, 3.63) is 38.9 Å². The molecule has 0 spiro atoms. The van der Waals surface area contributed by atoms with Crippen molar-refractivity contribution in [2.75, 3.05) is 34.7 Å². The van der Waals surface area contributed by atoms with Gasteiger partial charge in [0.1, 0.15) is 6.10 Å². The van der Waals surface area contributed by atoms with Gasteiger partial charge < -0.3 is 33.7 Å². The minimum Gasteiger partial charge on any atom is -0.493 e. The van der Waals surface area contributed by atoms with Crippen molar-refractivity contribution < 1.29 is 33.6 Å². The van der Waals surface area contributed by atoms with Crippen LogP contribution in [-0.4, -0.2) is 50.6 Å². The Labute approximate surface area is 181 Å². The van der Waals surface area contributed by atoms with Gasteiger partial charge in [-0.3, -0.25) is 4.79 Å². The molecule has 8 nitrogen and oxygen atoms in total. The molecule has 2 unspecified atom stereocenters. The van der Waals surface area contributed by atoms with Gasteiger partial charge in [0.2, 0.25) is 12.5 Å². The molecule has 1 amide bonds. The van der Waals surface area contributed by atoms with Gasteiger partial charge in [0.15, 0.2) is 23.0 Å². The van der Waals surface area contributed by atoms with E-state index in [2.05, 4.69) is 15.9 Å². The van der Waals surface area contributed by atoms with Crippen LogP contribution in [0, 0.1) is 0 Å². The van der Waals surface area contributed by atoms with Gasteiger partial charge in [0.25, 0.3) is 5.91 Å². The number of benzene rings is 2. The largest absolute Gasteiger partial charge is 0.493 e. The van der Waals surface area contributed by atoms with Crippen molar-refractivity contribution in [2.45, 2.75) is 18.6 Å². The fourth-order valence-electron chi connectivity index (χ4n) is 4.68. The third-order valence-corrected chi connectivity index (χ3v) is 6.80. The zero-order chi connectivity index (χ0) is 21.2. The maximum absolute atomic E-state index is 13.5. The number of aliphatic hydroxyl groups is 1. The summed E-state index contributed by atoms with van der Waals surface area (Å²) < 4.78 is 28.5. The van der Waals surface area contributed by atoms with Gasteiger partial charge in [-0.25, -0.2) is 0 Å². The van der Waals surface area contributed by atoms with Gasteiger partial charge in [-0.05, 0) is 39.5 Å². The zero-order valence-corrected chi connectivity index (χ0v) is 18.2. The monoisotopic (exact) mass is 477 g/mol. The van der Waals surface area contributed by atoms with E-state index in [1.165, 1.54) is 14.2 Å². The molecule has 5 rings (SSSR count). The van der Waals surface area contributed by atoms with Crippen LogP contribution in [0.1, 0.15) is 39.2 Å². The van der Waals surface area contributed by atoms with Gasteiger partial charge in [-0.15, -0.1) is 0 Å². The number of rotatable bonds is 3. The zero-order valence-electron chi connectivity index (χ0n) is 16.7. The predicted octanol–water partition coefficient (Wildman–Crippen LogP) is 2.99. The highest BCUT2D eigenvalue weighted by Crippen LogP contribution is 2.58. The molecule has 2 aromatic rings. The lowest BCUT2D eigenvalue weighted by atomic mass is 9.80. The quantitative estimate of drug-likeness (QED) is 0.726. The van der Waals surface area contributed by atoms with Crippen LogP contribution in [0.4, 0.5) is 0 Å². The van der Waals surface area contributed by atoms with Gasteiger partial charge >= 0.3 is 0 Å². The summed E-state index contributed by atoms with van der Waals surface area (Å²) in [6.45, 7) is 0.474. The number of amides is 1. The summed E-state index contributed by atoms with van der Waals surface area (Å²) in [5, 5.41) is 11.4. The number of halogens is 1. The summed E-state index contributed by atoms with van der Waals surface area (Å²) in [5.41, 5.74) is 2.49. The summed E-state index contributed by atoms with van der Waals surface area (Å²) in [6.07, 6.45) is -0.412. The van der Waals surface area contributed by atoms with E-state index in [-0.39, 0.29) is 12.7 Å². The molecule has 3 aliphatic heterocycles. The van der Waals surface area contributed by atoms with E-state index in [9.17, 15) is 9.90 Å². The van der Waals surface area contributed by atoms with Crippen LogP contribution in [0.2, 0.25) is 0 Å². The highest BCUT2D eigenvalue weighted by atomic mass is 79.9. The summed E-state index contributed by atoms with van der Waals surface area (Å²) in [4.78, 5) is 15.2. The smallest absolute Gasteiger partial charge is 0.258 e. The molecule has 158 valence electrons. The lowest BCUT2D eigenvalue weighted by Gasteiger charge is -2.44. The van der Waals surface area contributed by atoms with E-state index >= 15 is 0 Å². The Morgan fingerprint density at radius 3 is 2.53 bits per heavy atom. The number of hydrogen-bond acceptors (Lipinski definition) is 7. The number of hydrogen-bond donors (Lipinski definition) is 1. The summed E-state index contributed by atoms with van der Waals surface area (Å²) in [5.74, 6) is 2.08. The Hall–Kier alpha value is -2.65. The predicted molar refractivity (Wildman–Crippen MR) is 109 cm³/mol. The van der Waals surface area contributed by atoms with Gasteiger partial charge in [-0.1, -0.05) is 6.07 Å². The standard InChI is InChI=1S/C21H20BrNO7/c1-26-11-5-4-10-13(17(11)27-2)21(25)23-7-6-9-12(15(23)16(10)24)18-20(30-8-29-18)19(28-3)14(9)22/h4-5,15-16,24H,6-8H2,1-3H3. The van der Waals surface area contributed by atoms with Crippen molar-refractivity contribution in [3.8, 4) is 28.7 Å². The molecular weight excluding hydrogens is 458 g/mol. The summed E-state index contributed by atoms with van der Waals surface area (Å²) in [6, 6.07) is 2.78. The lowest BCUT2D eigenvalue weighted by molar-refractivity contribution is 0.0198. The number of nitrogens with zero attached hydrogens (tertiary/aromatic N) is 1. The van der Waals surface area contributed by atoms with Crippen molar-refractivity contribution >= 4 is 21.8 Å². The van der Waals surface area contributed by atoms with E-state index in [1.807, 2.05) is 0 Å². The first kappa shape index (κ1) is 19.3. The minimum atomic E-state index is -0.981. The Kier molecular flexibility index (Phi) is 4.48. The number of carbonyl (C=O) groups is 1. The minimum absolute atomic E-state index is 0.0486. The average molecular weight is 478 g/mol. The molecule has 9 heteroatoms. The van der Waals surface area contributed by atoms with Crippen LogP contribution in [-0.2, 0) is 6.42 Å². The van der Waals surface area contributed by atoms with Crippen molar-refractivity contribution in [2.24, 2.45) is 0 Å². The maximum atomic E-state index is 13.5. The van der Waals surface area contributed by atoms with Crippen LogP contribution >= 0.6 is 15.9 Å². The van der Waals surface area contributed by atoms with Crippen molar-refractivity contribution in [1.82, 2.24) is 4.90 Å². The Bertz CT molecular complexity index is 1070. The molecule has 2 atom stereocenters. The molecule has 3 heterocycles. The highest BCUT2D eigenvalue weighted by Gasteiger charge is 2.48. The van der Waals surface area contributed by atoms with Crippen LogP contribution in [0.5, 0.6) is 28.7 Å². The van der Waals surface area contributed by atoms with Crippen LogP contribution < -0.4 is 23.7 Å². The Morgan fingerprint density at radius 2 is 1.83 bits per heavy atom.